The van der Waals surface area contributed by atoms with Crippen molar-refractivity contribution in [2.24, 2.45) is 5.92 Å². The number of nitrogens with zero attached hydrogens (tertiary/aromatic N) is 2. The summed E-state index contributed by atoms with van der Waals surface area (Å²) >= 11 is 1.11. The molecule has 1 aliphatic rings. The third-order valence-electron chi connectivity index (χ3n) is 4.49. The predicted molar refractivity (Wildman–Crippen MR) is 97.8 cm³/mol. The van der Waals surface area contributed by atoms with E-state index < -0.39 is 11.7 Å². The molecular weight excluding hydrogens is 393 g/mol. The molecule has 5 nitrogen and oxygen atoms in total. The minimum atomic E-state index is -4.44. The minimum absolute atomic E-state index is 0.168. The van der Waals surface area contributed by atoms with Crippen molar-refractivity contribution in [1.29, 1.82) is 0 Å². The number of esters is 1. The Kier molecular flexibility index (Phi) is 6.02. The van der Waals surface area contributed by atoms with Gasteiger partial charge in [-0.05, 0) is 31.9 Å². The third kappa shape index (κ3) is 4.52. The number of benzene rings is 1. The van der Waals surface area contributed by atoms with Gasteiger partial charge in [0.15, 0.2) is 0 Å². The number of hydrogen-bond acceptors (Lipinski definition) is 5. The maximum Gasteiger partial charge on any atom is 0.416 e. The van der Waals surface area contributed by atoms with Crippen LogP contribution in [0.25, 0.3) is 10.6 Å². The topological polar surface area (TPSA) is 59.5 Å². The van der Waals surface area contributed by atoms with E-state index in [-0.39, 0.29) is 36.6 Å². The lowest BCUT2D eigenvalue weighted by molar-refractivity contribution is -0.149. The summed E-state index contributed by atoms with van der Waals surface area (Å²) < 4.78 is 43.7. The highest BCUT2D eigenvalue weighted by atomic mass is 32.1. The molecule has 150 valence electrons. The Labute approximate surface area is 164 Å². The number of carbonyl (C=O) groups excluding carboxylic acids is 2. The van der Waals surface area contributed by atoms with Crippen LogP contribution in [-0.4, -0.2) is 41.5 Å². The number of aromatic nitrogens is 1. The van der Waals surface area contributed by atoms with Crippen LogP contribution < -0.4 is 0 Å². The Morgan fingerprint density at radius 2 is 2.14 bits per heavy atom. The van der Waals surface area contributed by atoms with Gasteiger partial charge in [0.25, 0.3) is 5.91 Å². The summed E-state index contributed by atoms with van der Waals surface area (Å²) in [5.74, 6) is -1.01. The van der Waals surface area contributed by atoms with Crippen molar-refractivity contribution < 1.29 is 27.5 Å². The molecule has 1 fully saturated rings. The van der Waals surface area contributed by atoms with Crippen molar-refractivity contribution >= 4 is 23.2 Å². The van der Waals surface area contributed by atoms with Crippen LogP contribution in [0.2, 0.25) is 0 Å². The molecular formula is C19H19F3N2O3S. The number of carbonyl (C=O) groups is 2. The molecule has 9 heteroatoms. The number of thiazole rings is 1. The lowest BCUT2D eigenvalue weighted by Crippen LogP contribution is -2.42. The number of alkyl halides is 3. The van der Waals surface area contributed by atoms with Gasteiger partial charge in [0.05, 0.1) is 18.1 Å². The van der Waals surface area contributed by atoms with E-state index in [0.29, 0.717) is 30.0 Å². The van der Waals surface area contributed by atoms with Crippen LogP contribution in [0.4, 0.5) is 13.2 Å². The number of halogens is 3. The summed E-state index contributed by atoms with van der Waals surface area (Å²) in [6.45, 7) is 2.78. The molecule has 1 aromatic carbocycles. The number of piperidine rings is 1. The van der Waals surface area contributed by atoms with Crippen molar-refractivity contribution in [1.82, 2.24) is 9.88 Å². The summed E-state index contributed by atoms with van der Waals surface area (Å²) in [5, 5.41) is 1.87. The van der Waals surface area contributed by atoms with E-state index in [9.17, 15) is 22.8 Å². The van der Waals surface area contributed by atoms with E-state index in [1.165, 1.54) is 17.5 Å². The molecule has 0 N–H and O–H groups in total. The molecule has 1 aromatic heterocycles. The largest absolute Gasteiger partial charge is 0.466 e. The molecule has 0 saturated carbocycles. The zero-order chi connectivity index (χ0) is 20.3. The number of likely N-dealkylation sites (tertiary alicyclic amines) is 1. The van der Waals surface area contributed by atoms with Crippen molar-refractivity contribution in [2.75, 3.05) is 19.7 Å². The zero-order valence-electron chi connectivity index (χ0n) is 15.2. The zero-order valence-corrected chi connectivity index (χ0v) is 16.0. The summed E-state index contributed by atoms with van der Waals surface area (Å²) in [7, 11) is 0. The predicted octanol–water partition coefficient (Wildman–Crippen LogP) is 4.24. The summed E-state index contributed by atoms with van der Waals surface area (Å²) in [4.78, 5) is 30.5. The van der Waals surface area contributed by atoms with Crippen molar-refractivity contribution in [2.45, 2.75) is 25.9 Å². The molecule has 0 bridgehead atoms. The first-order valence-electron chi connectivity index (χ1n) is 8.88. The summed E-state index contributed by atoms with van der Waals surface area (Å²) in [5.41, 5.74) is -0.287. The van der Waals surface area contributed by atoms with Gasteiger partial charge in [-0.25, -0.2) is 4.98 Å². The van der Waals surface area contributed by atoms with Gasteiger partial charge in [0.1, 0.15) is 10.7 Å². The van der Waals surface area contributed by atoms with Crippen LogP contribution in [0.5, 0.6) is 0 Å². The number of rotatable bonds is 4. The Morgan fingerprint density at radius 3 is 2.86 bits per heavy atom. The highest BCUT2D eigenvalue weighted by Crippen LogP contribution is 2.33. The van der Waals surface area contributed by atoms with Crippen LogP contribution in [0.3, 0.4) is 0 Å². The van der Waals surface area contributed by atoms with Crippen molar-refractivity contribution in [3.05, 3.63) is 40.9 Å². The number of amides is 1. The van der Waals surface area contributed by atoms with Gasteiger partial charge in [-0.1, -0.05) is 12.1 Å². The fourth-order valence-electron chi connectivity index (χ4n) is 3.11. The maximum absolute atomic E-state index is 12.9. The fraction of sp³-hybridized carbons (Fsp3) is 0.421. The maximum atomic E-state index is 12.9. The average Bonchev–Trinajstić information content (AvgIpc) is 3.17. The van der Waals surface area contributed by atoms with Gasteiger partial charge in [0.2, 0.25) is 0 Å². The first kappa shape index (κ1) is 20.3. The molecule has 0 spiro atoms. The molecule has 1 aliphatic heterocycles. The lowest BCUT2D eigenvalue weighted by atomic mass is 9.98. The van der Waals surface area contributed by atoms with E-state index >= 15 is 0 Å². The van der Waals surface area contributed by atoms with E-state index in [4.69, 9.17) is 4.74 Å². The SMILES string of the molecule is CCOC(=O)C1CCCN(C(=O)c2csc(-c3cccc(C(F)(F)F)c3)n2)C1. The van der Waals surface area contributed by atoms with E-state index in [1.807, 2.05) is 0 Å². The molecule has 3 rings (SSSR count). The van der Waals surface area contributed by atoms with E-state index in [0.717, 1.165) is 23.5 Å². The lowest BCUT2D eigenvalue weighted by Gasteiger charge is -2.31. The van der Waals surface area contributed by atoms with Gasteiger partial charge in [-0.3, -0.25) is 9.59 Å². The first-order valence-corrected chi connectivity index (χ1v) is 9.76. The van der Waals surface area contributed by atoms with Crippen LogP contribution in [-0.2, 0) is 15.7 Å². The summed E-state index contributed by atoms with van der Waals surface area (Å²) in [6, 6.07) is 4.85. The van der Waals surface area contributed by atoms with E-state index in [2.05, 4.69) is 4.98 Å². The second kappa shape index (κ2) is 8.30. The Hall–Kier alpha value is -2.42. The minimum Gasteiger partial charge on any atom is -0.466 e. The average molecular weight is 412 g/mol. The normalized spacial score (nSPS) is 17.4. The van der Waals surface area contributed by atoms with Gasteiger partial charge < -0.3 is 9.64 Å². The van der Waals surface area contributed by atoms with Gasteiger partial charge >= 0.3 is 12.1 Å². The van der Waals surface area contributed by atoms with E-state index in [1.54, 1.807) is 11.8 Å². The van der Waals surface area contributed by atoms with Crippen LogP contribution in [0.15, 0.2) is 29.6 Å². The van der Waals surface area contributed by atoms with Crippen LogP contribution in [0, 0.1) is 5.92 Å². The van der Waals surface area contributed by atoms with Crippen LogP contribution in [0.1, 0.15) is 35.8 Å². The Morgan fingerprint density at radius 1 is 1.36 bits per heavy atom. The van der Waals surface area contributed by atoms with Crippen molar-refractivity contribution in [3.63, 3.8) is 0 Å². The fourth-order valence-corrected chi connectivity index (χ4v) is 3.90. The number of hydrogen-bond donors (Lipinski definition) is 0. The van der Waals surface area contributed by atoms with Gasteiger partial charge in [-0.15, -0.1) is 11.3 Å². The second-order valence-electron chi connectivity index (χ2n) is 6.46. The molecule has 28 heavy (non-hydrogen) atoms. The number of ether oxygens (including phenoxy) is 1. The summed E-state index contributed by atoms with van der Waals surface area (Å²) in [6.07, 6.45) is -3.10. The molecule has 2 heterocycles. The molecule has 1 amide bonds. The molecule has 1 saturated heterocycles. The molecule has 0 radical (unpaired) electrons. The standard InChI is InChI=1S/C19H19F3N2O3S/c1-2-27-18(26)13-6-4-8-24(10-13)17(25)15-11-28-16(23-15)12-5-3-7-14(9-12)19(20,21)22/h3,5,7,9,11,13H,2,4,6,8,10H2,1H3. The molecule has 0 aliphatic carbocycles. The Bertz CT molecular complexity index is 866. The molecule has 1 atom stereocenters. The Balaban J connectivity index is 1.75. The third-order valence-corrected chi connectivity index (χ3v) is 5.38. The molecule has 1 unspecified atom stereocenters. The highest BCUT2D eigenvalue weighted by molar-refractivity contribution is 7.13. The van der Waals surface area contributed by atoms with Crippen molar-refractivity contribution in [3.8, 4) is 10.6 Å². The van der Waals surface area contributed by atoms with Gasteiger partial charge in [-0.2, -0.15) is 13.2 Å². The highest BCUT2D eigenvalue weighted by Gasteiger charge is 2.32. The second-order valence-corrected chi connectivity index (χ2v) is 7.32. The quantitative estimate of drug-likeness (QED) is 0.705. The molecule has 2 aromatic rings. The monoisotopic (exact) mass is 412 g/mol. The first-order chi connectivity index (χ1) is 13.3. The smallest absolute Gasteiger partial charge is 0.416 e. The van der Waals surface area contributed by atoms with Gasteiger partial charge in [0, 0.05) is 24.0 Å². The van der Waals surface area contributed by atoms with Crippen LogP contribution >= 0.6 is 11.3 Å².